The topological polar surface area (TPSA) is 21.3 Å². The summed E-state index contributed by atoms with van der Waals surface area (Å²) in [4.78, 5) is 0. The molecular weight excluding hydrogens is 234 g/mol. The normalized spacial score (nSPS) is 21.6. The maximum atomic E-state index is 5.64. The van der Waals surface area contributed by atoms with Gasteiger partial charge < -0.3 is 10.1 Å². The SMILES string of the molecule is CC(NCC1CCCO1)c1ccc(C(C)(C)C)cc1. The molecule has 2 nitrogen and oxygen atoms in total. The molecule has 1 N–H and O–H groups in total. The number of hydrogen-bond acceptors (Lipinski definition) is 2. The molecule has 0 bridgehead atoms. The van der Waals surface area contributed by atoms with Crippen LogP contribution in [0, 0.1) is 0 Å². The van der Waals surface area contributed by atoms with Crippen LogP contribution >= 0.6 is 0 Å². The highest BCUT2D eigenvalue weighted by Crippen LogP contribution is 2.24. The van der Waals surface area contributed by atoms with Crippen molar-refractivity contribution in [3.05, 3.63) is 35.4 Å². The van der Waals surface area contributed by atoms with Crippen molar-refractivity contribution < 1.29 is 4.74 Å². The molecule has 0 radical (unpaired) electrons. The Kier molecular flexibility index (Phi) is 4.64. The van der Waals surface area contributed by atoms with Crippen molar-refractivity contribution in [1.82, 2.24) is 5.32 Å². The van der Waals surface area contributed by atoms with Gasteiger partial charge in [-0.05, 0) is 36.3 Å². The van der Waals surface area contributed by atoms with Gasteiger partial charge in [-0.2, -0.15) is 0 Å². The van der Waals surface area contributed by atoms with Crippen LogP contribution in [0.15, 0.2) is 24.3 Å². The number of hydrogen-bond donors (Lipinski definition) is 1. The second-order valence-corrected chi connectivity index (χ2v) is 6.64. The molecule has 0 aliphatic carbocycles. The Morgan fingerprint density at radius 2 is 1.95 bits per heavy atom. The second-order valence-electron chi connectivity index (χ2n) is 6.64. The monoisotopic (exact) mass is 261 g/mol. The quantitative estimate of drug-likeness (QED) is 0.890. The lowest BCUT2D eigenvalue weighted by Gasteiger charge is -2.21. The fraction of sp³-hybridized carbons (Fsp3) is 0.647. The summed E-state index contributed by atoms with van der Waals surface area (Å²) >= 11 is 0. The molecule has 2 heteroatoms. The van der Waals surface area contributed by atoms with Crippen LogP contribution in [0.3, 0.4) is 0 Å². The van der Waals surface area contributed by atoms with Gasteiger partial charge in [-0.3, -0.25) is 0 Å². The lowest BCUT2D eigenvalue weighted by Crippen LogP contribution is -2.28. The highest BCUT2D eigenvalue weighted by atomic mass is 16.5. The van der Waals surface area contributed by atoms with Gasteiger partial charge in [-0.15, -0.1) is 0 Å². The van der Waals surface area contributed by atoms with Crippen LogP contribution in [-0.2, 0) is 10.2 Å². The molecule has 1 aliphatic rings. The van der Waals surface area contributed by atoms with Crippen molar-refractivity contribution >= 4 is 0 Å². The Morgan fingerprint density at radius 3 is 2.47 bits per heavy atom. The average Bonchev–Trinajstić information content (AvgIpc) is 2.88. The van der Waals surface area contributed by atoms with Crippen molar-refractivity contribution in [1.29, 1.82) is 0 Å². The van der Waals surface area contributed by atoms with Crippen LogP contribution in [0.5, 0.6) is 0 Å². The standard InChI is InChI=1S/C17H27NO/c1-13(18-12-16-6-5-11-19-16)14-7-9-15(10-8-14)17(2,3)4/h7-10,13,16,18H,5-6,11-12H2,1-4H3. The van der Waals surface area contributed by atoms with E-state index >= 15 is 0 Å². The fourth-order valence-corrected chi connectivity index (χ4v) is 2.50. The van der Waals surface area contributed by atoms with Gasteiger partial charge in [-0.1, -0.05) is 45.0 Å². The molecule has 2 rings (SSSR count). The zero-order valence-corrected chi connectivity index (χ0v) is 12.7. The minimum atomic E-state index is 0.229. The molecule has 1 aromatic carbocycles. The zero-order chi connectivity index (χ0) is 13.9. The maximum absolute atomic E-state index is 5.64. The minimum absolute atomic E-state index is 0.229. The molecule has 1 aliphatic heterocycles. The lowest BCUT2D eigenvalue weighted by molar-refractivity contribution is 0.108. The van der Waals surface area contributed by atoms with E-state index in [4.69, 9.17) is 4.74 Å². The van der Waals surface area contributed by atoms with Crippen molar-refractivity contribution in [2.45, 2.75) is 58.1 Å². The summed E-state index contributed by atoms with van der Waals surface area (Å²) in [5.41, 5.74) is 2.97. The van der Waals surface area contributed by atoms with E-state index in [1.165, 1.54) is 24.0 Å². The molecule has 0 spiro atoms. The van der Waals surface area contributed by atoms with E-state index in [1.807, 2.05) is 0 Å². The molecule has 1 saturated heterocycles. The predicted octanol–water partition coefficient (Wildman–Crippen LogP) is 3.81. The molecule has 2 unspecified atom stereocenters. The third-order valence-corrected chi connectivity index (χ3v) is 3.95. The van der Waals surface area contributed by atoms with E-state index < -0.39 is 0 Å². The molecular formula is C17H27NO. The summed E-state index contributed by atoms with van der Waals surface area (Å²) in [7, 11) is 0. The van der Waals surface area contributed by atoms with Gasteiger partial charge in [0.05, 0.1) is 6.10 Å². The Balaban J connectivity index is 1.89. The highest BCUT2D eigenvalue weighted by molar-refractivity contribution is 5.29. The lowest BCUT2D eigenvalue weighted by atomic mass is 9.86. The van der Waals surface area contributed by atoms with Crippen LogP contribution < -0.4 is 5.32 Å². The van der Waals surface area contributed by atoms with E-state index in [9.17, 15) is 0 Å². The van der Waals surface area contributed by atoms with Gasteiger partial charge in [-0.25, -0.2) is 0 Å². The smallest absolute Gasteiger partial charge is 0.0700 e. The van der Waals surface area contributed by atoms with Crippen LogP contribution in [-0.4, -0.2) is 19.3 Å². The number of benzene rings is 1. The van der Waals surface area contributed by atoms with Gasteiger partial charge in [0.15, 0.2) is 0 Å². The second kappa shape index (κ2) is 6.06. The summed E-state index contributed by atoms with van der Waals surface area (Å²) in [6, 6.07) is 9.37. The molecule has 19 heavy (non-hydrogen) atoms. The molecule has 106 valence electrons. The van der Waals surface area contributed by atoms with Crippen molar-refractivity contribution in [2.24, 2.45) is 0 Å². The molecule has 1 fully saturated rings. The van der Waals surface area contributed by atoms with E-state index in [2.05, 4.69) is 57.3 Å². The highest BCUT2D eigenvalue weighted by Gasteiger charge is 2.17. The van der Waals surface area contributed by atoms with Gasteiger partial charge in [0, 0.05) is 19.2 Å². The Hall–Kier alpha value is -0.860. The summed E-state index contributed by atoms with van der Waals surface area (Å²) in [5, 5.41) is 3.57. The largest absolute Gasteiger partial charge is 0.377 e. The first-order valence-electron chi connectivity index (χ1n) is 7.42. The van der Waals surface area contributed by atoms with Gasteiger partial charge in [0.1, 0.15) is 0 Å². The van der Waals surface area contributed by atoms with Crippen LogP contribution in [0.1, 0.15) is 57.7 Å². The summed E-state index contributed by atoms with van der Waals surface area (Å²) in [6.45, 7) is 10.9. The third kappa shape index (κ3) is 4.05. The van der Waals surface area contributed by atoms with Crippen molar-refractivity contribution in [3.8, 4) is 0 Å². The maximum Gasteiger partial charge on any atom is 0.0700 e. The minimum Gasteiger partial charge on any atom is -0.377 e. The molecule has 1 heterocycles. The first kappa shape index (κ1) is 14.5. The van der Waals surface area contributed by atoms with Gasteiger partial charge in [0.2, 0.25) is 0 Å². The summed E-state index contributed by atoms with van der Waals surface area (Å²) < 4.78 is 5.64. The van der Waals surface area contributed by atoms with Crippen LogP contribution in [0.2, 0.25) is 0 Å². The summed E-state index contributed by atoms with van der Waals surface area (Å²) in [5.74, 6) is 0. The molecule has 0 saturated carbocycles. The third-order valence-electron chi connectivity index (χ3n) is 3.95. The number of ether oxygens (including phenoxy) is 1. The van der Waals surface area contributed by atoms with Crippen LogP contribution in [0.25, 0.3) is 0 Å². The van der Waals surface area contributed by atoms with E-state index in [-0.39, 0.29) is 5.41 Å². The fourth-order valence-electron chi connectivity index (χ4n) is 2.50. The van der Waals surface area contributed by atoms with E-state index in [0.29, 0.717) is 12.1 Å². The van der Waals surface area contributed by atoms with E-state index in [0.717, 1.165) is 13.2 Å². The Bertz CT molecular complexity index is 385. The van der Waals surface area contributed by atoms with Crippen LogP contribution in [0.4, 0.5) is 0 Å². The van der Waals surface area contributed by atoms with E-state index in [1.54, 1.807) is 0 Å². The number of rotatable bonds is 4. The van der Waals surface area contributed by atoms with Gasteiger partial charge in [0.25, 0.3) is 0 Å². The first-order chi connectivity index (χ1) is 8.97. The average molecular weight is 261 g/mol. The first-order valence-corrected chi connectivity index (χ1v) is 7.42. The number of nitrogens with one attached hydrogen (secondary N) is 1. The van der Waals surface area contributed by atoms with Crippen molar-refractivity contribution in [2.75, 3.05) is 13.2 Å². The Morgan fingerprint density at radius 1 is 1.26 bits per heavy atom. The van der Waals surface area contributed by atoms with Gasteiger partial charge >= 0.3 is 0 Å². The molecule has 0 aromatic heterocycles. The molecule has 0 amide bonds. The summed E-state index contributed by atoms with van der Waals surface area (Å²) in [6.07, 6.45) is 2.82. The predicted molar refractivity (Wildman–Crippen MR) is 80.5 cm³/mol. The Labute approximate surface area is 117 Å². The molecule has 1 aromatic rings. The molecule has 2 atom stereocenters. The zero-order valence-electron chi connectivity index (χ0n) is 12.7. The van der Waals surface area contributed by atoms with Crippen molar-refractivity contribution in [3.63, 3.8) is 0 Å².